The maximum atomic E-state index is 5.26. The molecule has 2 aliphatic carbocycles. The first kappa shape index (κ1) is 23.2. The molecule has 4 aliphatic rings. The molecular weight excluding hydrogens is 488 g/mol. The van der Waals surface area contributed by atoms with Crippen LogP contribution in [0.5, 0.6) is 0 Å². The van der Waals surface area contributed by atoms with Crippen molar-refractivity contribution in [1.82, 2.24) is 5.32 Å². The van der Waals surface area contributed by atoms with E-state index in [0.29, 0.717) is 0 Å². The molecule has 0 aromatic heterocycles. The van der Waals surface area contributed by atoms with Crippen molar-refractivity contribution in [2.45, 2.75) is 37.9 Å². The maximum Gasteiger partial charge on any atom is 0.207 e. The monoisotopic (exact) mass is 518 g/mol. The van der Waals surface area contributed by atoms with Gasteiger partial charge in [0.15, 0.2) is 6.17 Å². The number of guanidine groups is 1. The number of nitrogens with one attached hydrogen (secondary N) is 1. The zero-order valence-corrected chi connectivity index (χ0v) is 22.7. The Morgan fingerprint density at radius 1 is 0.750 bits per heavy atom. The molecule has 0 saturated carbocycles. The third-order valence-electron chi connectivity index (χ3n) is 8.91. The number of para-hydroxylation sites is 1. The second-order valence-electron chi connectivity index (χ2n) is 11.5. The number of fused-ring (bicyclic) bond motifs is 5. The fourth-order valence-electron chi connectivity index (χ4n) is 6.93. The smallest absolute Gasteiger partial charge is 0.207 e. The zero-order valence-electron chi connectivity index (χ0n) is 22.7. The minimum atomic E-state index is -0.321. The molecule has 0 spiro atoms. The summed E-state index contributed by atoms with van der Waals surface area (Å²) in [5, 5.41) is 3.67. The second-order valence-corrected chi connectivity index (χ2v) is 11.5. The number of benzene rings is 4. The van der Waals surface area contributed by atoms with Gasteiger partial charge < -0.3 is 10.2 Å². The maximum absolute atomic E-state index is 5.26. The van der Waals surface area contributed by atoms with E-state index in [-0.39, 0.29) is 17.6 Å². The average Bonchev–Trinajstić information content (AvgIpc) is 3.45. The van der Waals surface area contributed by atoms with Crippen LogP contribution in [0.15, 0.2) is 131 Å². The molecule has 0 saturated heterocycles. The summed E-state index contributed by atoms with van der Waals surface area (Å²) in [7, 11) is 0. The van der Waals surface area contributed by atoms with Crippen molar-refractivity contribution < 1.29 is 0 Å². The van der Waals surface area contributed by atoms with E-state index in [1.165, 1.54) is 39.1 Å². The van der Waals surface area contributed by atoms with Crippen molar-refractivity contribution >= 4 is 28.6 Å². The van der Waals surface area contributed by atoms with Crippen molar-refractivity contribution in [3.05, 3.63) is 149 Å². The summed E-state index contributed by atoms with van der Waals surface area (Å²) < 4.78 is 0. The third-order valence-corrected chi connectivity index (χ3v) is 8.91. The predicted octanol–water partition coefficient (Wildman–Crippen LogP) is 7.51. The largest absolute Gasteiger partial charge is 0.310 e. The molecule has 194 valence electrons. The molecule has 4 heteroatoms. The van der Waals surface area contributed by atoms with Crippen LogP contribution in [-0.2, 0) is 5.41 Å². The van der Waals surface area contributed by atoms with E-state index in [1.807, 2.05) is 12.1 Å². The van der Waals surface area contributed by atoms with Gasteiger partial charge in [0.25, 0.3) is 0 Å². The van der Waals surface area contributed by atoms with Crippen molar-refractivity contribution in [3.63, 3.8) is 0 Å². The lowest BCUT2D eigenvalue weighted by Crippen LogP contribution is -2.50. The molecule has 0 bridgehead atoms. The summed E-state index contributed by atoms with van der Waals surface area (Å²) in [4.78, 5) is 12.8. The Labute approximate surface area is 235 Å². The first-order chi connectivity index (χ1) is 19.6. The number of hydrogen-bond acceptors (Lipinski definition) is 4. The molecule has 0 amide bonds. The Kier molecular flexibility index (Phi) is 5.02. The van der Waals surface area contributed by atoms with Crippen LogP contribution in [0.2, 0.25) is 0 Å². The van der Waals surface area contributed by atoms with Gasteiger partial charge in [-0.2, -0.15) is 0 Å². The predicted molar refractivity (Wildman–Crippen MR) is 164 cm³/mol. The molecular formula is C36H30N4. The van der Waals surface area contributed by atoms with Gasteiger partial charge in [0.05, 0.1) is 11.7 Å². The molecule has 8 rings (SSSR count). The number of hydrogen-bond donors (Lipinski definition) is 1. The SMILES string of the molecule is CC1(C)C2=C(C=C3c4ccccc4N(C4=NC(c5ccccc5)N=C(c5ccccc5)N4)C3C2)c2ccccc21. The topological polar surface area (TPSA) is 40.0 Å². The Morgan fingerprint density at radius 2 is 1.43 bits per heavy atom. The summed E-state index contributed by atoms with van der Waals surface area (Å²) in [5.74, 6) is 1.69. The lowest BCUT2D eigenvalue weighted by molar-refractivity contribution is 0.592. The number of anilines is 1. The van der Waals surface area contributed by atoms with Crippen molar-refractivity contribution in [1.29, 1.82) is 0 Å². The van der Waals surface area contributed by atoms with Crippen LogP contribution in [0.1, 0.15) is 54.3 Å². The molecule has 0 radical (unpaired) electrons. The number of aliphatic imine (C=N–C) groups is 2. The minimum absolute atomic E-state index is 0.0144. The lowest BCUT2D eigenvalue weighted by atomic mass is 9.76. The second kappa shape index (κ2) is 8.65. The molecule has 0 fully saturated rings. The fourth-order valence-corrected chi connectivity index (χ4v) is 6.93. The van der Waals surface area contributed by atoms with Gasteiger partial charge in [-0.25, -0.2) is 9.98 Å². The van der Waals surface area contributed by atoms with Crippen molar-refractivity contribution in [2.75, 3.05) is 4.90 Å². The molecule has 4 aromatic carbocycles. The van der Waals surface area contributed by atoms with Crippen LogP contribution in [0, 0.1) is 0 Å². The normalized spacial score (nSPS) is 21.9. The van der Waals surface area contributed by atoms with Gasteiger partial charge in [-0.15, -0.1) is 0 Å². The van der Waals surface area contributed by atoms with E-state index in [2.05, 4.69) is 127 Å². The highest BCUT2D eigenvalue weighted by molar-refractivity contribution is 6.18. The lowest BCUT2D eigenvalue weighted by Gasteiger charge is -2.36. The minimum Gasteiger partial charge on any atom is -0.310 e. The molecule has 2 aliphatic heterocycles. The van der Waals surface area contributed by atoms with Gasteiger partial charge in [-0.05, 0) is 52.0 Å². The average molecular weight is 519 g/mol. The van der Waals surface area contributed by atoms with E-state index in [4.69, 9.17) is 9.98 Å². The van der Waals surface area contributed by atoms with Crippen LogP contribution < -0.4 is 10.2 Å². The van der Waals surface area contributed by atoms with E-state index >= 15 is 0 Å². The Hall–Kier alpha value is -4.70. The summed E-state index contributed by atoms with van der Waals surface area (Å²) in [6.07, 6.45) is 3.09. The van der Waals surface area contributed by atoms with Gasteiger partial charge in [-0.1, -0.05) is 117 Å². The third kappa shape index (κ3) is 3.39. The van der Waals surface area contributed by atoms with Crippen LogP contribution in [0.4, 0.5) is 5.69 Å². The number of rotatable bonds is 2. The van der Waals surface area contributed by atoms with Crippen molar-refractivity contribution in [2.24, 2.45) is 9.98 Å². The van der Waals surface area contributed by atoms with E-state index < -0.39 is 0 Å². The number of allylic oxidation sites excluding steroid dienone is 2. The van der Waals surface area contributed by atoms with Gasteiger partial charge in [0, 0.05) is 16.5 Å². The van der Waals surface area contributed by atoms with Gasteiger partial charge in [0.1, 0.15) is 5.84 Å². The van der Waals surface area contributed by atoms with E-state index in [1.54, 1.807) is 0 Å². The first-order valence-corrected chi connectivity index (χ1v) is 14.1. The molecule has 2 atom stereocenters. The molecule has 1 N–H and O–H groups in total. The quantitative estimate of drug-likeness (QED) is 0.298. The molecule has 4 aromatic rings. The van der Waals surface area contributed by atoms with Crippen LogP contribution in [0.25, 0.3) is 11.1 Å². The summed E-state index contributed by atoms with van der Waals surface area (Å²) in [6, 6.07) is 38.6. The van der Waals surface area contributed by atoms with Gasteiger partial charge >= 0.3 is 0 Å². The standard InChI is InChI=1S/C36H30N4/c1-36(2)29-19-11-9-17-25(29)27-21-28-26-18-10-12-20-31(26)40(32(28)22-30(27)36)35-38-33(23-13-5-3-6-14-23)37-34(39-35)24-15-7-4-8-16-24/h3-21,32-33H,22H2,1-2H3,(H,37,38,39). The summed E-state index contributed by atoms with van der Waals surface area (Å²) in [5.41, 5.74) is 11.7. The van der Waals surface area contributed by atoms with Gasteiger partial charge in [-0.3, -0.25) is 0 Å². The van der Waals surface area contributed by atoms with Crippen LogP contribution >= 0.6 is 0 Å². The van der Waals surface area contributed by atoms with E-state index in [0.717, 1.165) is 29.3 Å². The Balaban J connectivity index is 1.27. The fraction of sp³-hybridized carbons (Fsp3) is 0.167. The first-order valence-electron chi connectivity index (χ1n) is 14.1. The van der Waals surface area contributed by atoms with E-state index in [9.17, 15) is 0 Å². The van der Waals surface area contributed by atoms with Crippen LogP contribution in [-0.4, -0.2) is 17.8 Å². The van der Waals surface area contributed by atoms with Crippen molar-refractivity contribution in [3.8, 4) is 0 Å². The molecule has 4 nitrogen and oxygen atoms in total. The highest BCUT2D eigenvalue weighted by Gasteiger charge is 2.46. The molecule has 40 heavy (non-hydrogen) atoms. The summed E-state index contributed by atoms with van der Waals surface area (Å²) >= 11 is 0. The summed E-state index contributed by atoms with van der Waals surface area (Å²) in [6.45, 7) is 4.75. The number of amidine groups is 1. The Morgan fingerprint density at radius 3 is 2.23 bits per heavy atom. The highest BCUT2D eigenvalue weighted by Crippen LogP contribution is 2.55. The highest BCUT2D eigenvalue weighted by atomic mass is 15.4. The molecule has 2 heterocycles. The molecule has 2 unspecified atom stereocenters. The van der Waals surface area contributed by atoms with Crippen LogP contribution in [0.3, 0.4) is 0 Å². The van der Waals surface area contributed by atoms with Gasteiger partial charge in [0.2, 0.25) is 5.96 Å². The number of nitrogens with zero attached hydrogens (tertiary/aromatic N) is 3. The zero-order chi connectivity index (χ0) is 26.8. The Bertz CT molecular complexity index is 1780.